The molecule has 0 saturated carbocycles. The molecule has 26 heavy (non-hydrogen) atoms. The van der Waals surface area contributed by atoms with E-state index in [0.717, 1.165) is 38.9 Å². The van der Waals surface area contributed by atoms with Gasteiger partial charge in [-0.3, -0.25) is 0 Å². The topological polar surface area (TPSA) is 53.4 Å². The fraction of sp³-hybridized carbons (Fsp3) is 0. The highest BCUT2D eigenvalue weighted by Gasteiger charge is 2.09. The summed E-state index contributed by atoms with van der Waals surface area (Å²) in [6, 6.07) is 22.2. The lowest BCUT2D eigenvalue weighted by atomic mass is 9.98. The summed E-state index contributed by atoms with van der Waals surface area (Å²) < 4.78 is 0. The third-order valence-corrected chi connectivity index (χ3v) is 4.44. The molecular formula is C23H17NO2. The third-order valence-electron chi connectivity index (χ3n) is 4.44. The molecule has 1 aromatic heterocycles. The number of rotatable bonds is 3. The maximum absolute atomic E-state index is 10.1. The molecule has 0 unspecified atom stereocenters. The van der Waals surface area contributed by atoms with Crippen molar-refractivity contribution >= 4 is 17.0 Å². The second-order valence-corrected chi connectivity index (χ2v) is 6.10. The average molecular weight is 339 g/mol. The van der Waals surface area contributed by atoms with Crippen LogP contribution in [0.4, 0.5) is 0 Å². The Kier molecular flexibility index (Phi) is 3.90. The zero-order valence-electron chi connectivity index (χ0n) is 14.1. The molecule has 0 fully saturated rings. The molecule has 0 aliphatic rings. The van der Waals surface area contributed by atoms with Crippen molar-refractivity contribution in [2.75, 3.05) is 0 Å². The molecule has 0 aliphatic carbocycles. The van der Waals surface area contributed by atoms with Crippen LogP contribution in [0.5, 0.6) is 11.5 Å². The van der Waals surface area contributed by atoms with Crippen LogP contribution in [-0.2, 0) is 0 Å². The Morgan fingerprint density at radius 2 is 1.54 bits per heavy atom. The van der Waals surface area contributed by atoms with E-state index < -0.39 is 0 Å². The molecule has 126 valence electrons. The second-order valence-electron chi connectivity index (χ2n) is 6.10. The largest absolute Gasteiger partial charge is 0.508 e. The van der Waals surface area contributed by atoms with Crippen molar-refractivity contribution in [2.45, 2.75) is 0 Å². The van der Waals surface area contributed by atoms with Crippen LogP contribution < -0.4 is 0 Å². The van der Waals surface area contributed by atoms with E-state index in [1.165, 1.54) is 0 Å². The number of pyridine rings is 1. The van der Waals surface area contributed by atoms with Crippen LogP contribution in [-0.4, -0.2) is 15.2 Å². The van der Waals surface area contributed by atoms with Gasteiger partial charge in [-0.2, -0.15) is 0 Å². The van der Waals surface area contributed by atoms with Crippen LogP contribution in [0.25, 0.3) is 39.4 Å². The molecule has 3 aromatic carbocycles. The molecule has 4 rings (SSSR count). The van der Waals surface area contributed by atoms with Crippen molar-refractivity contribution in [3.63, 3.8) is 0 Å². The van der Waals surface area contributed by atoms with Gasteiger partial charge in [0.1, 0.15) is 11.5 Å². The summed E-state index contributed by atoms with van der Waals surface area (Å²) in [6.07, 6.45) is 1.81. The molecule has 0 spiro atoms. The van der Waals surface area contributed by atoms with Crippen molar-refractivity contribution < 1.29 is 10.2 Å². The van der Waals surface area contributed by atoms with Crippen LogP contribution in [0.1, 0.15) is 5.56 Å². The SMILES string of the molecule is C=Cc1cc(-c2ccc(O)cc2)nc2ccc(-c3ccccc3O)cc12. The fourth-order valence-corrected chi connectivity index (χ4v) is 3.09. The van der Waals surface area contributed by atoms with Gasteiger partial charge in [0.2, 0.25) is 0 Å². The first-order valence-electron chi connectivity index (χ1n) is 8.31. The Morgan fingerprint density at radius 1 is 0.808 bits per heavy atom. The Balaban J connectivity index is 1.89. The maximum Gasteiger partial charge on any atom is 0.123 e. The van der Waals surface area contributed by atoms with Crippen molar-refractivity contribution in [1.29, 1.82) is 0 Å². The fourth-order valence-electron chi connectivity index (χ4n) is 3.09. The Morgan fingerprint density at radius 3 is 2.27 bits per heavy atom. The van der Waals surface area contributed by atoms with Gasteiger partial charge in [0.05, 0.1) is 11.2 Å². The van der Waals surface area contributed by atoms with Crippen molar-refractivity contribution in [3.05, 3.63) is 84.9 Å². The zero-order valence-corrected chi connectivity index (χ0v) is 14.1. The monoisotopic (exact) mass is 339 g/mol. The van der Waals surface area contributed by atoms with Crippen molar-refractivity contribution in [3.8, 4) is 33.9 Å². The normalized spacial score (nSPS) is 10.8. The lowest BCUT2D eigenvalue weighted by molar-refractivity contribution is 0.475. The Labute approximate surface area is 151 Å². The summed E-state index contributed by atoms with van der Waals surface area (Å²) in [7, 11) is 0. The lowest BCUT2D eigenvalue weighted by Crippen LogP contribution is -1.90. The average Bonchev–Trinajstić information content (AvgIpc) is 2.67. The number of para-hydroxylation sites is 1. The van der Waals surface area contributed by atoms with E-state index in [1.807, 2.05) is 54.6 Å². The smallest absolute Gasteiger partial charge is 0.123 e. The van der Waals surface area contributed by atoms with E-state index in [1.54, 1.807) is 24.3 Å². The summed E-state index contributed by atoms with van der Waals surface area (Å²) in [4.78, 5) is 4.75. The van der Waals surface area contributed by atoms with Gasteiger partial charge in [0.25, 0.3) is 0 Å². The van der Waals surface area contributed by atoms with Gasteiger partial charge in [0, 0.05) is 16.5 Å². The van der Waals surface area contributed by atoms with Gasteiger partial charge in [-0.15, -0.1) is 0 Å². The molecule has 0 aliphatic heterocycles. The first-order chi connectivity index (χ1) is 12.7. The highest BCUT2D eigenvalue weighted by atomic mass is 16.3. The minimum absolute atomic E-state index is 0.228. The predicted molar refractivity (Wildman–Crippen MR) is 106 cm³/mol. The molecular weight excluding hydrogens is 322 g/mol. The van der Waals surface area contributed by atoms with Gasteiger partial charge in [0.15, 0.2) is 0 Å². The van der Waals surface area contributed by atoms with Gasteiger partial charge < -0.3 is 10.2 Å². The van der Waals surface area contributed by atoms with E-state index in [2.05, 4.69) is 6.58 Å². The number of phenolic OH excluding ortho intramolecular Hbond substituents is 2. The van der Waals surface area contributed by atoms with E-state index >= 15 is 0 Å². The van der Waals surface area contributed by atoms with Crippen LogP contribution in [0.3, 0.4) is 0 Å². The summed E-state index contributed by atoms with van der Waals surface area (Å²) in [5.41, 5.74) is 5.28. The van der Waals surface area contributed by atoms with Crippen LogP contribution in [0.15, 0.2) is 79.4 Å². The Bertz CT molecular complexity index is 1110. The molecule has 0 amide bonds. The first-order valence-corrected chi connectivity index (χ1v) is 8.31. The molecule has 3 nitrogen and oxygen atoms in total. The van der Waals surface area contributed by atoms with E-state index in [4.69, 9.17) is 4.98 Å². The molecule has 2 N–H and O–H groups in total. The minimum atomic E-state index is 0.228. The molecule has 0 radical (unpaired) electrons. The molecule has 4 aromatic rings. The van der Waals surface area contributed by atoms with Crippen LogP contribution in [0.2, 0.25) is 0 Å². The number of hydrogen-bond donors (Lipinski definition) is 2. The van der Waals surface area contributed by atoms with Crippen LogP contribution in [0, 0.1) is 0 Å². The number of benzene rings is 3. The highest BCUT2D eigenvalue weighted by molar-refractivity contribution is 5.93. The summed E-state index contributed by atoms with van der Waals surface area (Å²) >= 11 is 0. The second kappa shape index (κ2) is 6.37. The number of hydrogen-bond acceptors (Lipinski definition) is 3. The predicted octanol–water partition coefficient (Wildman–Crippen LogP) is 5.62. The van der Waals surface area contributed by atoms with E-state index in [0.29, 0.717) is 0 Å². The molecule has 1 heterocycles. The zero-order chi connectivity index (χ0) is 18.1. The lowest BCUT2D eigenvalue weighted by Gasteiger charge is -2.10. The molecule has 0 saturated heterocycles. The summed E-state index contributed by atoms with van der Waals surface area (Å²) in [5.74, 6) is 0.478. The third kappa shape index (κ3) is 2.80. The Hall–Kier alpha value is -3.59. The molecule has 0 atom stereocenters. The van der Waals surface area contributed by atoms with E-state index in [-0.39, 0.29) is 11.5 Å². The number of nitrogens with zero attached hydrogens (tertiary/aromatic N) is 1. The number of aromatic hydroxyl groups is 2. The van der Waals surface area contributed by atoms with Gasteiger partial charge in [-0.1, -0.05) is 36.9 Å². The standard InChI is InChI=1S/C23H17NO2/c1-2-15-14-22(16-7-10-18(25)11-8-16)24-21-12-9-17(13-20(15)21)19-5-3-4-6-23(19)26/h2-14,25-26H,1H2. The first kappa shape index (κ1) is 15.9. The highest BCUT2D eigenvalue weighted by Crippen LogP contribution is 2.33. The number of phenols is 2. The number of fused-ring (bicyclic) bond motifs is 1. The van der Waals surface area contributed by atoms with Gasteiger partial charge in [-0.25, -0.2) is 4.98 Å². The van der Waals surface area contributed by atoms with Crippen molar-refractivity contribution in [1.82, 2.24) is 4.98 Å². The van der Waals surface area contributed by atoms with Crippen molar-refractivity contribution in [2.24, 2.45) is 0 Å². The van der Waals surface area contributed by atoms with E-state index in [9.17, 15) is 10.2 Å². The number of aromatic nitrogens is 1. The maximum atomic E-state index is 10.1. The molecule has 3 heteroatoms. The van der Waals surface area contributed by atoms with Gasteiger partial charge in [-0.05, 0) is 59.7 Å². The molecule has 0 bridgehead atoms. The minimum Gasteiger partial charge on any atom is -0.508 e. The van der Waals surface area contributed by atoms with Gasteiger partial charge >= 0.3 is 0 Å². The van der Waals surface area contributed by atoms with Crippen LogP contribution >= 0.6 is 0 Å². The quantitative estimate of drug-likeness (QED) is 0.509. The summed E-state index contributed by atoms with van der Waals surface area (Å²) in [5, 5.41) is 20.6. The summed E-state index contributed by atoms with van der Waals surface area (Å²) in [6.45, 7) is 3.93.